The molecule has 3 saturated heterocycles. The summed E-state index contributed by atoms with van der Waals surface area (Å²) < 4.78 is 34.4. The predicted octanol–water partition coefficient (Wildman–Crippen LogP) is 5.65. The summed E-state index contributed by atoms with van der Waals surface area (Å²) in [5.74, 6) is -2.63. The Morgan fingerprint density at radius 1 is 0.797 bits per heavy atom. The number of primary amides is 1. The number of ether oxygens (including phenoxy) is 1. The Labute approximate surface area is 369 Å². The lowest BCUT2D eigenvalue weighted by Gasteiger charge is -2.40. The monoisotopic (exact) mass is 872 g/mol. The van der Waals surface area contributed by atoms with Crippen LogP contribution in [0, 0.1) is 17.6 Å². The molecule has 5 N–H and O–H groups in total. The second-order valence-electron chi connectivity index (χ2n) is 16.7. The molecule has 0 bridgehead atoms. The Hall–Kier alpha value is -7.01. The van der Waals surface area contributed by atoms with E-state index >= 15 is 0 Å². The van der Waals surface area contributed by atoms with Crippen LogP contribution in [-0.4, -0.2) is 97.9 Å². The van der Waals surface area contributed by atoms with Crippen LogP contribution in [0.4, 0.5) is 42.1 Å². The minimum absolute atomic E-state index is 0.0770. The van der Waals surface area contributed by atoms with Crippen molar-refractivity contribution in [3.63, 3.8) is 0 Å². The zero-order valence-corrected chi connectivity index (χ0v) is 35.5. The molecular formula is C47H50F2N10O5. The summed E-state index contributed by atoms with van der Waals surface area (Å²) in [7, 11) is 1.27. The maximum Gasteiger partial charge on any atom is 0.328 e. The largest absolute Gasteiger partial charge is 0.496 e. The number of fused-ring (bicyclic) bond motifs is 2. The van der Waals surface area contributed by atoms with Gasteiger partial charge in [-0.25, -0.2) is 18.3 Å². The number of hydrogen-bond donors (Lipinski definition) is 4. The smallest absolute Gasteiger partial charge is 0.328 e. The van der Waals surface area contributed by atoms with Crippen LogP contribution < -0.4 is 41.1 Å². The molecule has 0 spiro atoms. The van der Waals surface area contributed by atoms with Gasteiger partial charge in [0.25, 0.3) is 11.8 Å². The number of methoxy groups -OCH3 is 1. The van der Waals surface area contributed by atoms with Gasteiger partial charge in [0.05, 0.1) is 12.7 Å². The van der Waals surface area contributed by atoms with E-state index in [1.165, 1.54) is 12.8 Å². The molecule has 64 heavy (non-hydrogen) atoms. The van der Waals surface area contributed by atoms with Gasteiger partial charge in [-0.05, 0) is 84.8 Å². The quantitative estimate of drug-likeness (QED) is 0.130. The minimum atomic E-state index is -1.15. The maximum atomic E-state index is 13.9. The van der Waals surface area contributed by atoms with Gasteiger partial charge in [0.1, 0.15) is 22.8 Å². The van der Waals surface area contributed by atoms with Crippen molar-refractivity contribution in [3.8, 4) is 17.0 Å². The number of urea groups is 1. The molecule has 0 radical (unpaired) electrons. The zero-order chi connectivity index (χ0) is 44.5. The molecule has 15 nitrogen and oxygen atoms in total. The number of aryl methyl sites for hydroxylation is 2. The summed E-state index contributed by atoms with van der Waals surface area (Å²) in [6, 6.07) is 22.9. The highest BCUT2D eigenvalue weighted by Gasteiger charge is 2.29. The van der Waals surface area contributed by atoms with E-state index in [1.807, 2.05) is 12.1 Å². The van der Waals surface area contributed by atoms with Crippen LogP contribution in [0.5, 0.6) is 5.75 Å². The number of nitrogens with one attached hydrogen (secondary N) is 3. The van der Waals surface area contributed by atoms with Crippen LogP contribution >= 0.6 is 0 Å². The number of aromatic nitrogens is 2. The molecule has 0 atom stereocenters. The van der Waals surface area contributed by atoms with Crippen LogP contribution in [0.15, 0.2) is 78.9 Å². The highest BCUT2D eigenvalue weighted by atomic mass is 19.2. The first-order valence-corrected chi connectivity index (χ1v) is 21.7. The van der Waals surface area contributed by atoms with E-state index < -0.39 is 23.4 Å². The molecule has 4 aliphatic heterocycles. The fourth-order valence-corrected chi connectivity index (χ4v) is 9.16. The van der Waals surface area contributed by atoms with Crippen LogP contribution in [0.25, 0.3) is 11.3 Å². The number of piperidine rings is 1. The van der Waals surface area contributed by atoms with Crippen molar-refractivity contribution < 1.29 is 32.7 Å². The van der Waals surface area contributed by atoms with E-state index in [9.17, 15) is 28.0 Å². The number of carbonyl (C=O) groups is 4. The molecule has 5 amide bonds. The Morgan fingerprint density at radius 2 is 1.48 bits per heavy atom. The van der Waals surface area contributed by atoms with Gasteiger partial charge in [0.2, 0.25) is 5.91 Å². The van der Waals surface area contributed by atoms with Crippen molar-refractivity contribution in [1.29, 1.82) is 0 Å². The van der Waals surface area contributed by atoms with Crippen molar-refractivity contribution in [3.05, 3.63) is 113 Å². The van der Waals surface area contributed by atoms with Gasteiger partial charge in [-0.15, -0.1) is 0 Å². The van der Waals surface area contributed by atoms with Crippen molar-refractivity contribution in [2.24, 2.45) is 11.7 Å². The first-order chi connectivity index (χ1) is 31.0. The third-order valence-corrected chi connectivity index (χ3v) is 12.8. The Bertz CT molecular complexity index is 2590. The van der Waals surface area contributed by atoms with Gasteiger partial charge in [-0.3, -0.25) is 29.5 Å². The molecule has 5 heterocycles. The molecule has 3 fully saturated rings. The highest BCUT2D eigenvalue weighted by molar-refractivity contribution is 6.06. The SMILES string of the molecule is COc1cc(F)c(F)cc1C(=O)NCc1ccc(-c2nn3c(c2C(N)=O)Nc2ccc(N4CCN(CC5CCN(c6ccc(N7CCC(=O)NC7=O)cc6)CC5)CC4)cc2CC3)cc1. The van der Waals surface area contributed by atoms with Crippen LogP contribution in [0.3, 0.4) is 0 Å². The summed E-state index contributed by atoms with van der Waals surface area (Å²) >= 11 is 0. The Morgan fingerprint density at radius 3 is 2.19 bits per heavy atom. The summed E-state index contributed by atoms with van der Waals surface area (Å²) in [6.07, 6.45) is 3.26. The number of rotatable bonds is 11. The van der Waals surface area contributed by atoms with Crippen molar-refractivity contribution in [2.75, 3.05) is 79.5 Å². The van der Waals surface area contributed by atoms with E-state index in [4.69, 9.17) is 15.6 Å². The first-order valence-electron chi connectivity index (χ1n) is 21.7. The van der Waals surface area contributed by atoms with Gasteiger partial charge < -0.3 is 30.9 Å². The fourth-order valence-electron chi connectivity index (χ4n) is 9.16. The zero-order valence-electron chi connectivity index (χ0n) is 35.5. The second-order valence-corrected chi connectivity index (χ2v) is 16.7. The number of amides is 5. The second kappa shape index (κ2) is 18.0. The van der Waals surface area contributed by atoms with E-state index in [0.717, 1.165) is 99.0 Å². The molecular weight excluding hydrogens is 823 g/mol. The van der Waals surface area contributed by atoms with Crippen molar-refractivity contribution in [2.45, 2.75) is 38.8 Å². The molecule has 1 aromatic heterocycles. The molecule has 17 heteroatoms. The minimum Gasteiger partial charge on any atom is -0.496 e. The molecule has 4 aliphatic rings. The van der Waals surface area contributed by atoms with E-state index in [1.54, 1.807) is 33.8 Å². The Balaban J connectivity index is 0.773. The van der Waals surface area contributed by atoms with E-state index in [-0.39, 0.29) is 35.4 Å². The maximum absolute atomic E-state index is 13.9. The van der Waals surface area contributed by atoms with Gasteiger partial charge in [-0.1, -0.05) is 24.3 Å². The number of piperazine rings is 1. The fraction of sp³-hybridized carbons (Fsp3) is 0.340. The average Bonchev–Trinajstić information content (AvgIpc) is 3.57. The van der Waals surface area contributed by atoms with E-state index in [2.05, 4.69) is 61.0 Å². The number of hydrogen-bond acceptors (Lipinski definition) is 10. The van der Waals surface area contributed by atoms with Gasteiger partial charge in [-0.2, -0.15) is 5.10 Å². The normalized spacial score (nSPS) is 17.0. The standard InChI is InChI=1S/C47H50F2N10O5/c1-64-40-26-38(49)37(48)25-36(40)46(62)51-27-29-2-4-31(5-3-29)43-42(44(50)61)45-52-39-11-10-35(24-32(39)14-19-59(45)54-43)57-22-20-55(21-23-57)28-30-12-16-56(17-13-30)33-6-8-34(9-7-33)58-18-15-41(60)53-47(58)63/h2-11,24-26,30,52H,12-23,27-28H2,1H3,(H2,50,61)(H,51,62)(H,53,60,63). The number of halogens is 2. The van der Waals surface area contributed by atoms with Gasteiger partial charge in [0, 0.05) is 106 Å². The first kappa shape index (κ1) is 42.3. The number of benzene rings is 4. The molecule has 0 aliphatic carbocycles. The number of imide groups is 1. The average molecular weight is 873 g/mol. The van der Waals surface area contributed by atoms with Crippen molar-refractivity contribution >= 4 is 52.3 Å². The van der Waals surface area contributed by atoms with E-state index in [0.29, 0.717) is 48.9 Å². The predicted molar refractivity (Wildman–Crippen MR) is 239 cm³/mol. The molecule has 0 unspecified atom stereocenters. The summed E-state index contributed by atoms with van der Waals surface area (Å²) in [4.78, 5) is 58.6. The van der Waals surface area contributed by atoms with Crippen LogP contribution in [0.2, 0.25) is 0 Å². The summed E-state index contributed by atoms with van der Waals surface area (Å²) in [5.41, 5.74) is 13.1. The summed E-state index contributed by atoms with van der Waals surface area (Å²) in [6.45, 7) is 7.98. The molecule has 0 saturated carbocycles. The molecule has 5 aromatic rings. The number of nitrogens with two attached hydrogens (primary N) is 1. The lowest BCUT2D eigenvalue weighted by Crippen LogP contribution is -2.49. The Kier molecular flexibility index (Phi) is 11.9. The van der Waals surface area contributed by atoms with Gasteiger partial charge in [0.15, 0.2) is 11.6 Å². The summed E-state index contributed by atoms with van der Waals surface area (Å²) in [5, 5.41) is 13.4. The third-order valence-electron chi connectivity index (χ3n) is 12.8. The number of anilines is 5. The topological polar surface area (TPSA) is 170 Å². The van der Waals surface area contributed by atoms with Crippen LogP contribution in [0.1, 0.15) is 51.1 Å². The number of nitrogens with zero attached hydrogens (tertiary/aromatic N) is 6. The molecule has 9 rings (SSSR count). The van der Waals surface area contributed by atoms with Gasteiger partial charge >= 0.3 is 6.03 Å². The number of carbonyl (C=O) groups excluding carboxylic acids is 4. The highest BCUT2D eigenvalue weighted by Crippen LogP contribution is 2.36. The molecule has 332 valence electrons. The third kappa shape index (κ3) is 8.80. The lowest BCUT2D eigenvalue weighted by molar-refractivity contribution is -0.120. The van der Waals surface area contributed by atoms with Crippen LogP contribution in [-0.2, 0) is 24.3 Å². The molecule has 4 aromatic carbocycles. The van der Waals surface area contributed by atoms with Crippen molar-refractivity contribution in [1.82, 2.24) is 25.3 Å². The lowest BCUT2D eigenvalue weighted by atomic mass is 9.95.